The van der Waals surface area contributed by atoms with Crippen molar-refractivity contribution in [3.8, 4) is 0 Å². The summed E-state index contributed by atoms with van der Waals surface area (Å²) in [5, 5.41) is 0. The van der Waals surface area contributed by atoms with Crippen LogP contribution in [0, 0.1) is 0 Å². The fourth-order valence-electron chi connectivity index (χ4n) is 0.326. The van der Waals surface area contributed by atoms with E-state index in [1.165, 1.54) is 11.9 Å². The first-order valence-electron chi connectivity index (χ1n) is 1.80. The van der Waals surface area contributed by atoms with E-state index in [0.29, 0.717) is 6.42 Å². The largest absolute Gasteiger partial charge is 0.300 e. The van der Waals surface area contributed by atoms with Crippen LogP contribution in [0.1, 0.15) is 6.42 Å². The van der Waals surface area contributed by atoms with Gasteiger partial charge in [0.2, 0.25) is 5.91 Å². The Kier molecular flexibility index (Phi) is 4.63. The van der Waals surface area contributed by atoms with Crippen molar-refractivity contribution in [2.24, 2.45) is 0 Å². The van der Waals surface area contributed by atoms with Crippen LogP contribution in [0.5, 0.6) is 0 Å². The Bertz CT molecular complexity index is 69.3. The molecule has 7 heavy (non-hydrogen) atoms. The first-order chi connectivity index (χ1) is 2.89. The number of carbonyl (C=O) groups is 1. The minimum atomic E-state index is 0. The van der Waals surface area contributed by atoms with Crippen molar-refractivity contribution in [2.45, 2.75) is 6.42 Å². The Morgan fingerprint density at radius 1 is 1.71 bits per heavy atom. The molecule has 36 valence electrons. The molecule has 1 aliphatic rings. The van der Waals surface area contributed by atoms with Crippen molar-refractivity contribution in [2.75, 3.05) is 5.75 Å². The molecule has 0 aromatic rings. The summed E-state index contributed by atoms with van der Waals surface area (Å²) in [6.45, 7) is 0. The minimum Gasteiger partial charge on any atom is -0.300 e. The molecule has 0 spiro atoms. The molecule has 1 aliphatic heterocycles. The third-order valence-electron chi connectivity index (χ3n) is 0.617. The van der Waals surface area contributed by atoms with Crippen molar-refractivity contribution in [3.63, 3.8) is 0 Å². The summed E-state index contributed by atoms with van der Waals surface area (Å²) in [6, 6.07) is 0. The van der Waals surface area contributed by atoms with Gasteiger partial charge in [0, 0.05) is 49.9 Å². The van der Waals surface area contributed by atoms with Gasteiger partial charge in [0.05, 0.1) is 0 Å². The molecule has 2 radical (unpaired) electrons. The molecule has 1 heterocycles. The first kappa shape index (κ1) is 8.08. The normalized spacial score (nSPS) is 18.0. The quantitative estimate of drug-likeness (QED) is 0.375. The molecule has 0 aromatic heterocycles. The van der Waals surface area contributed by atoms with Gasteiger partial charge in [-0.05, 0) is 11.9 Å². The summed E-state index contributed by atoms with van der Waals surface area (Å²) in [5.41, 5.74) is 0. The fourth-order valence-corrected chi connectivity index (χ4v) is 0.979. The number of rotatable bonds is 0. The predicted molar refractivity (Wildman–Crippen MR) is 31.0 cm³/mol. The third kappa shape index (κ3) is 2.80. The zero-order valence-corrected chi connectivity index (χ0v) is 6.96. The van der Waals surface area contributed by atoms with Crippen LogP contribution in [0.4, 0.5) is 0 Å². The summed E-state index contributed by atoms with van der Waals surface area (Å²) in [4.78, 5) is 10.1. The van der Waals surface area contributed by atoms with E-state index in [1.54, 1.807) is 0 Å². The van der Waals surface area contributed by atoms with E-state index in [0.717, 1.165) is 5.75 Å². The van der Waals surface area contributed by atoms with Crippen molar-refractivity contribution in [3.05, 3.63) is 0 Å². The van der Waals surface area contributed by atoms with E-state index < -0.39 is 0 Å². The Morgan fingerprint density at radius 2 is 2.43 bits per heavy atom. The second-order valence-corrected chi connectivity index (χ2v) is 2.02. The molecule has 4 heteroatoms. The summed E-state index contributed by atoms with van der Waals surface area (Å²) in [6.07, 6.45) is 0.699. The molecule has 1 saturated heterocycles. The van der Waals surface area contributed by atoms with Gasteiger partial charge in [0.25, 0.3) is 0 Å². The molecule has 1 fully saturated rings. The summed E-state index contributed by atoms with van der Waals surface area (Å²) in [7, 11) is 0. The standard InChI is InChI=1S/C3H5NOS.Ca/c5-3-1-2-6-4-3;/h1-2H2,(H,4,5);. The molecule has 1 N–H and O–H groups in total. The molecule has 1 rings (SSSR count). The monoisotopic (exact) mass is 143 g/mol. The Morgan fingerprint density at radius 3 is 2.57 bits per heavy atom. The molecule has 0 bridgehead atoms. The van der Waals surface area contributed by atoms with Gasteiger partial charge in [0.1, 0.15) is 0 Å². The number of carbonyl (C=O) groups excluding carboxylic acids is 1. The van der Waals surface area contributed by atoms with E-state index in [4.69, 9.17) is 0 Å². The Labute approximate surface area is 76.5 Å². The topological polar surface area (TPSA) is 29.1 Å². The van der Waals surface area contributed by atoms with E-state index in [9.17, 15) is 4.79 Å². The van der Waals surface area contributed by atoms with Crippen LogP contribution in [-0.2, 0) is 4.79 Å². The van der Waals surface area contributed by atoms with Crippen molar-refractivity contribution >= 4 is 55.6 Å². The summed E-state index contributed by atoms with van der Waals surface area (Å²) < 4.78 is 2.60. The van der Waals surface area contributed by atoms with Gasteiger partial charge in [0.15, 0.2) is 0 Å². The maximum atomic E-state index is 10.1. The maximum absolute atomic E-state index is 10.1. The van der Waals surface area contributed by atoms with E-state index >= 15 is 0 Å². The van der Waals surface area contributed by atoms with Crippen molar-refractivity contribution < 1.29 is 4.79 Å². The molecule has 0 aliphatic carbocycles. The molecule has 0 saturated carbocycles. The van der Waals surface area contributed by atoms with E-state index in [-0.39, 0.29) is 43.6 Å². The Balaban J connectivity index is 0.000000360. The van der Waals surface area contributed by atoms with Crippen molar-refractivity contribution in [1.29, 1.82) is 0 Å². The smallest absolute Gasteiger partial charge is 0.230 e. The second kappa shape index (κ2) is 4.01. The van der Waals surface area contributed by atoms with Crippen LogP contribution in [0.2, 0.25) is 0 Å². The van der Waals surface area contributed by atoms with E-state index in [1.807, 2.05) is 0 Å². The molecule has 2 nitrogen and oxygen atoms in total. The number of hydrogen-bond acceptors (Lipinski definition) is 2. The van der Waals surface area contributed by atoms with Crippen LogP contribution < -0.4 is 4.72 Å². The van der Waals surface area contributed by atoms with Crippen LogP contribution in [-0.4, -0.2) is 49.4 Å². The number of amides is 1. The number of nitrogens with one attached hydrogen (secondary N) is 1. The average molecular weight is 143 g/mol. The third-order valence-corrected chi connectivity index (χ3v) is 1.40. The van der Waals surface area contributed by atoms with Crippen LogP contribution in [0.25, 0.3) is 0 Å². The summed E-state index contributed by atoms with van der Waals surface area (Å²) in [5.74, 6) is 1.11. The fraction of sp³-hybridized carbons (Fsp3) is 0.667. The van der Waals surface area contributed by atoms with Gasteiger partial charge in [-0.15, -0.1) is 0 Å². The van der Waals surface area contributed by atoms with Gasteiger partial charge in [-0.25, -0.2) is 0 Å². The zero-order chi connectivity index (χ0) is 4.41. The molecule has 0 atom stereocenters. The first-order valence-corrected chi connectivity index (χ1v) is 2.79. The summed E-state index contributed by atoms with van der Waals surface area (Å²) >= 11 is 1.48. The Hall–Kier alpha value is 1.08. The van der Waals surface area contributed by atoms with Gasteiger partial charge >= 0.3 is 0 Å². The van der Waals surface area contributed by atoms with Crippen molar-refractivity contribution in [1.82, 2.24) is 4.72 Å². The molecular formula is C3H5CaNOS. The number of hydrogen-bond donors (Lipinski definition) is 1. The second-order valence-electron chi connectivity index (χ2n) is 1.12. The van der Waals surface area contributed by atoms with Crippen LogP contribution in [0.15, 0.2) is 0 Å². The molecule has 0 aromatic carbocycles. The zero-order valence-electron chi connectivity index (χ0n) is 3.94. The van der Waals surface area contributed by atoms with Crippen LogP contribution in [0.3, 0.4) is 0 Å². The molecular weight excluding hydrogens is 138 g/mol. The maximum Gasteiger partial charge on any atom is 0.230 e. The van der Waals surface area contributed by atoms with Gasteiger partial charge in [-0.1, -0.05) is 0 Å². The predicted octanol–water partition coefficient (Wildman–Crippen LogP) is -0.226. The van der Waals surface area contributed by atoms with Crippen LogP contribution >= 0.6 is 11.9 Å². The van der Waals surface area contributed by atoms with Gasteiger partial charge < -0.3 is 4.72 Å². The minimum absolute atomic E-state index is 0. The molecule has 0 unspecified atom stereocenters. The SMILES string of the molecule is O=C1CCSN1.[Ca]. The van der Waals surface area contributed by atoms with Gasteiger partial charge in [-0.3, -0.25) is 4.79 Å². The van der Waals surface area contributed by atoms with E-state index in [2.05, 4.69) is 4.72 Å². The molecule has 1 amide bonds. The van der Waals surface area contributed by atoms with Gasteiger partial charge in [-0.2, -0.15) is 0 Å². The average Bonchev–Trinajstić information content (AvgIpc) is 1.86.